The summed E-state index contributed by atoms with van der Waals surface area (Å²) in [6, 6.07) is 3.11. The molecule has 0 aliphatic carbocycles. The molecule has 1 fully saturated rings. The van der Waals surface area contributed by atoms with E-state index in [-0.39, 0.29) is 17.4 Å². The Morgan fingerprint density at radius 3 is 2.95 bits per heavy atom. The predicted molar refractivity (Wildman–Crippen MR) is 83.8 cm³/mol. The van der Waals surface area contributed by atoms with Crippen molar-refractivity contribution in [2.75, 3.05) is 26.2 Å². The Kier molecular flexibility index (Phi) is 4.65. The van der Waals surface area contributed by atoms with Gasteiger partial charge in [-0.15, -0.1) is 11.3 Å². The Bertz CT molecular complexity index is 632. The second-order valence-corrected chi connectivity index (χ2v) is 5.99. The summed E-state index contributed by atoms with van der Waals surface area (Å²) >= 11 is 1.60. The monoisotopic (exact) mass is 318 g/mol. The number of amides is 1. The van der Waals surface area contributed by atoms with Crippen LogP contribution in [0.1, 0.15) is 22.6 Å². The molecule has 0 radical (unpaired) electrons. The fourth-order valence-electron chi connectivity index (χ4n) is 2.59. The van der Waals surface area contributed by atoms with Gasteiger partial charge in [0.2, 0.25) is 0 Å². The molecule has 22 heavy (non-hydrogen) atoms. The van der Waals surface area contributed by atoms with Gasteiger partial charge < -0.3 is 10.0 Å². The largest absolute Gasteiger partial charge is 0.505 e. The summed E-state index contributed by atoms with van der Waals surface area (Å²) in [7, 11) is 0. The van der Waals surface area contributed by atoms with E-state index in [9.17, 15) is 9.90 Å². The summed E-state index contributed by atoms with van der Waals surface area (Å²) in [6.45, 7) is 3.88. The molecule has 6 nitrogen and oxygen atoms in total. The van der Waals surface area contributed by atoms with Crippen LogP contribution in [0.25, 0.3) is 0 Å². The van der Waals surface area contributed by atoms with Crippen LogP contribution in [0.15, 0.2) is 29.2 Å². The standard InChI is InChI=1S/C15H18N4O2S/c20-13-3-1-4-16-14(13)15(21)19-6-2-5-18(7-8-19)9-12-10-22-11-17-12/h1,3-4,10-11,20H,2,5-9H2. The molecule has 0 spiro atoms. The van der Waals surface area contributed by atoms with Crippen LogP contribution < -0.4 is 0 Å². The highest BCUT2D eigenvalue weighted by Gasteiger charge is 2.23. The molecular weight excluding hydrogens is 300 g/mol. The van der Waals surface area contributed by atoms with E-state index in [1.807, 2.05) is 5.51 Å². The normalized spacial score (nSPS) is 16.5. The number of carbonyl (C=O) groups is 1. The van der Waals surface area contributed by atoms with E-state index in [1.165, 1.54) is 12.3 Å². The number of aromatic hydroxyl groups is 1. The van der Waals surface area contributed by atoms with E-state index in [0.29, 0.717) is 13.1 Å². The highest BCUT2D eigenvalue weighted by Crippen LogP contribution is 2.17. The number of hydrogen-bond acceptors (Lipinski definition) is 6. The van der Waals surface area contributed by atoms with Gasteiger partial charge >= 0.3 is 0 Å². The number of pyridine rings is 1. The Morgan fingerprint density at radius 2 is 2.18 bits per heavy atom. The van der Waals surface area contributed by atoms with Crippen LogP contribution >= 0.6 is 11.3 Å². The van der Waals surface area contributed by atoms with Crippen LogP contribution in [0, 0.1) is 0 Å². The first kappa shape index (κ1) is 14.9. The molecule has 0 aromatic carbocycles. The summed E-state index contributed by atoms with van der Waals surface area (Å²) in [4.78, 5) is 24.9. The summed E-state index contributed by atoms with van der Waals surface area (Å²) in [5.74, 6) is -0.260. The van der Waals surface area contributed by atoms with E-state index in [0.717, 1.165) is 31.7 Å². The van der Waals surface area contributed by atoms with Crippen LogP contribution in [0.5, 0.6) is 5.75 Å². The molecule has 1 saturated heterocycles. The van der Waals surface area contributed by atoms with Crippen molar-refractivity contribution in [1.82, 2.24) is 19.8 Å². The molecule has 1 amide bonds. The minimum Gasteiger partial charge on any atom is -0.505 e. The molecule has 2 aromatic rings. The van der Waals surface area contributed by atoms with Crippen LogP contribution in [-0.4, -0.2) is 57.0 Å². The highest BCUT2D eigenvalue weighted by molar-refractivity contribution is 7.07. The van der Waals surface area contributed by atoms with Crippen molar-refractivity contribution in [3.63, 3.8) is 0 Å². The van der Waals surface area contributed by atoms with Gasteiger partial charge in [-0.25, -0.2) is 9.97 Å². The third-order valence-corrected chi connectivity index (χ3v) is 4.37. The maximum atomic E-state index is 12.5. The molecule has 0 atom stereocenters. The van der Waals surface area contributed by atoms with Gasteiger partial charge in [-0.1, -0.05) is 0 Å². The van der Waals surface area contributed by atoms with E-state index in [2.05, 4.69) is 20.2 Å². The minimum absolute atomic E-state index is 0.0592. The Hall–Kier alpha value is -1.99. The fraction of sp³-hybridized carbons (Fsp3) is 0.400. The number of aromatic nitrogens is 2. The summed E-state index contributed by atoms with van der Waals surface area (Å²) in [6.07, 6.45) is 2.43. The van der Waals surface area contributed by atoms with E-state index in [1.54, 1.807) is 22.3 Å². The fourth-order valence-corrected chi connectivity index (χ4v) is 3.14. The van der Waals surface area contributed by atoms with E-state index >= 15 is 0 Å². The van der Waals surface area contributed by atoms with Gasteiger partial charge in [0.1, 0.15) is 5.75 Å². The molecule has 7 heteroatoms. The molecule has 3 rings (SSSR count). The number of hydrogen-bond donors (Lipinski definition) is 1. The third-order valence-electron chi connectivity index (χ3n) is 3.73. The molecule has 1 N–H and O–H groups in total. The van der Waals surface area contributed by atoms with Crippen LogP contribution in [0.4, 0.5) is 0 Å². The van der Waals surface area contributed by atoms with Crippen molar-refractivity contribution < 1.29 is 9.90 Å². The average Bonchev–Trinajstić information content (AvgIpc) is 2.92. The molecule has 3 heterocycles. The molecule has 0 bridgehead atoms. The first-order chi connectivity index (χ1) is 10.7. The first-order valence-corrected chi connectivity index (χ1v) is 8.21. The van der Waals surface area contributed by atoms with Gasteiger partial charge in [0.05, 0.1) is 11.2 Å². The van der Waals surface area contributed by atoms with Crippen LogP contribution in [0.3, 0.4) is 0 Å². The number of thiazole rings is 1. The van der Waals surface area contributed by atoms with Crippen molar-refractivity contribution >= 4 is 17.2 Å². The van der Waals surface area contributed by atoms with E-state index < -0.39 is 0 Å². The SMILES string of the molecule is O=C(c1ncccc1O)N1CCCN(Cc2cscn2)CC1. The first-order valence-electron chi connectivity index (χ1n) is 7.27. The van der Waals surface area contributed by atoms with Gasteiger partial charge in [0, 0.05) is 44.3 Å². The molecule has 0 unspecified atom stereocenters. The lowest BCUT2D eigenvalue weighted by Crippen LogP contribution is -2.35. The Balaban J connectivity index is 1.62. The lowest BCUT2D eigenvalue weighted by Gasteiger charge is -2.21. The van der Waals surface area contributed by atoms with Gasteiger partial charge in [-0.3, -0.25) is 9.69 Å². The van der Waals surface area contributed by atoms with Gasteiger partial charge in [-0.2, -0.15) is 0 Å². The zero-order chi connectivity index (χ0) is 15.4. The molecule has 0 saturated carbocycles. The smallest absolute Gasteiger partial charge is 0.276 e. The van der Waals surface area contributed by atoms with Gasteiger partial charge in [0.15, 0.2) is 5.69 Å². The maximum absolute atomic E-state index is 12.5. The zero-order valence-corrected chi connectivity index (χ0v) is 13.0. The summed E-state index contributed by atoms with van der Waals surface area (Å²) in [5, 5.41) is 11.8. The molecule has 116 valence electrons. The number of nitrogens with zero attached hydrogens (tertiary/aromatic N) is 4. The molecule has 1 aliphatic rings. The third kappa shape index (κ3) is 3.42. The van der Waals surface area contributed by atoms with Crippen molar-refractivity contribution in [2.45, 2.75) is 13.0 Å². The van der Waals surface area contributed by atoms with Crippen molar-refractivity contribution in [3.8, 4) is 5.75 Å². The zero-order valence-electron chi connectivity index (χ0n) is 12.2. The summed E-state index contributed by atoms with van der Waals surface area (Å²) < 4.78 is 0. The summed E-state index contributed by atoms with van der Waals surface area (Å²) in [5.41, 5.74) is 3.05. The van der Waals surface area contributed by atoms with Crippen LogP contribution in [0.2, 0.25) is 0 Å². The molecular formula is C15H18N4O2S. The van der Waals surface area contributed by atoms with Gasteiger partial charge in [-0.05, 0) is 18.6 Å². The second-order valence-electron chi connectivity index (χ2n) is 5.27. The molecule has 1 aliphatic heterocycles. The van der Waals surface area contributed by atoms with Gasteiger partial charge in [0.25, 0.3) is 5.91 Å². The van der Waals surface area contributed by atoms with Crippen molar-refractivity contribution in [3.05, 3.63) is 40.6 Å². The predicted octanol–water partition coefficient (Wildman–Crippen LogP) is 1.59. The van der Waals surface area contributed by atoms with Crippen molar-refractivity contribution in [1.29, 1.82) is 0 Å². The van der Waals surface area contributed by atoms with E-state index in [4.69, 9.17) is 0 Å². The lowest BCUT2D eigenvalue weighted by atomic mass is 10.2. The lowest BCUT2D eigenvalue weighted by molar-refractivity contribution is 0.0752. The Labute approximate surface area is 133 Å². The maximum Gasteiger partial charge on any atom is 0.276 e. The minimum atomic E-state index is -0.200. The van der Waals surface area contributed by atoms with Crippen LogP contribution in [-0.2, 0) is 6.54 Å². The average molecular weight is 318 g/mol. The quantitative estimate of drug-likeness (QED) is 0.931. The number of rotatable bonds is 3. The topological polar surface area (TPSA) is 69.6 Å². The molecule has 2 aromatic heterocycles. The highest BCUT2D eigenvalue weighted by atomic mass is 32.1. The number of carbonyl (C=O) groups excluding carboxylic acids is 1. The Morgan fingerprint density at radius 1 is 1.27 bits per heavy atom. The second kappa shape index (κ2) is 6.85. The van der Waals surface area contributed by atoms with Crippen molar-refractivity contribution in [2.24, 2.45) is 0 Å².